The standard InChI is InChI=1S/C10H18N4O2/c1-5-10(2,16-4)9(15)13-8-7(11)6-12-14(8)3/h6H,5,11H2,1-4H3,(H,13,15). The summed E-state index contributed by atoms with van der Waals surface area (Å²) in [5.74, 6) is 0.259. The highest BCUT2D eigenvalue weighted by molar-refractivity contribution is 5.98. The van der Waals surface area contributed by atoms with Gasteiger partial charge in [-0.25, -0.2) is 0 Å². The van der Waals surface area contributed by atoms with Crippen molar-refractivity contribution in [1.82, 2.24) is 9.78 Å². The van der Waals surface area contributed by atoms with Crippen LogP contribution in [0.2, 0.25) is 0 Å². The Balaban J connectivity index is 2.86. The lowest BCUT2D eigenvalue weighted by Gasteiger charge is -2.25. The number of carbonyl (C=O) groups excluding carboxylic acids is 1. The fourth-order valence-electron chi connectivity index (χ4n) is 1.24. The molecule has 1 amide bonds. The zero-order valence-corrected chi connectivity index (χ0v) is 10.1. The van der Waals surface area contributed by atoms with E-state index in [1.54, 1.807) is 14.0 Å². The zero-order chi connectivity index (χ0) is 12.3. The molecule has 0 aliphatic rings. The second-order valence-corrected chi connectivity index (χ2v) is 3.81. The van der Waals surface area contributed by atoms with Gasteiger partial charge in [0, 0.05) is 14.2 Å². The summed E-state index contributed by atoms with van der Waals surface area (Å²) in [6.45, 7) is 3.62. The van der Waals surface area contributed by atoms with E-state index in [4.69, 9.17) is 10.5 Å². The summed E-state index contributed by atoms with van der Waals surface area (Å²) in [6, 6.07) is 0. The van der Waals surface area contributed by atoms with Crippen LogP contribution < -0.4 is 11.1 Å². The van der Waals surface area contributed by atoms with Crippen LogP contribution in [0, 0.1) is 0 Å². The van der Waals surface area contributed by atoms with Gasteiger partial charge >= 0.3 is 0 Å². The Bertz CT molecular complexity index is 363. The lowest BCUT2D eigenvalue weighted by atomic mass is 10.0. The van der Waals surface area contributed by atoms with Crippen LogP contribution >= 0.6 is 0 Å². The van der Waals surface area contributed by atoms with Gasteiger partial charge in [0.1, 0.15) is 5.60 Å². The number of nitrogen functional groups attached to an aromatic ring is 1. The SMILES string of the molecule is CCC(C)(OC)C(=O)Nc1c(N)cnn1C. The smallest absolute Gasteiger partial charge is 0.257 e. The monoisotopic (exact) mass is 226 g/mol. The van der Waals surface area contributed by atoms with Gasteiger partial charge in [0.2, 0.25) is 0 Å². The Kier molecular flexibility index (Phi) is 3.54. The number of nitrogens with zero attached hydrogens (tertiary/aromatic N) is 2. The van der Waals surface area contributed by atoms with Crippen LogP contribution in [0.5, 0.6) is 0 Å². The van der Waals surface area contributed by atoms with Crippen molar-refractivity contribution >= 4 is 17.4 Å². The average Bonchev–Trinajstić information content (AvgIpc) is 2.59. The molecule has 1 aromatic rings. The lowest BCUT2D eigenvalue weighted by molar-refractivity contribution is -0.136. The van der Waals surface area contributed by atoms with Crippen molar-refractivity contribution < 1.29 is 9.53 Å². The van der Waals surface area contributed by atoms with E-state index in [9.17, 15) is 4.79 Å². The molecular formula is C10H18N4O2. The van der Waals surface area contributed by atoms with Gasteiger partial charge in [-0.3, -0.25) is 9.48 Å². The number of nitrogens with one attached hydrogen (secondary N) is 1. The van der Waals surface area contributed by atoms with Gasteiger partial charge in [0.25, 0.3) is 5.91 Å². The van der Waals surface area contributed by atoms with Crippen molar-refractivity contribution in [3.63, 3.8) is 0 Å². The number of rotatable bonds is 4. The van der Waals surface area contributed by atoms with E-state index >= 15 is 0 Å². The van der Waals surface area contributed by atoms with Gasteiger partial charge in [-0.2, -0.15) is 5.10 Å². The van der Waals surface area contributed by atoms with E-state index in [-0.39, 0.29) is 5.91 Å². The molecule has 0 saturated carbocycles. The molecule has 0 aliphatic carbocycles. The van der Waals surface area contributed by atoms with E-state index in [0.717, 1.165) is 0 Å². The highest BCUT2D eigenvalue weighted by Gasteiger charge is 2.31. The molecular weight excluding hydrogens is 208 g/mol. The molecule has 0 aliphatic heterocycles. The second-order valence-electron chi connectivity index (χ2n) is 3.81. The summed E-state index contributed by atoms with van der Waals surface area (Å²) < 4.78 is 6.71. The van der Waals surface area contributed by atoms with E-state index in [1.165, 1.54) is 18.0 Å². The summed E-state index contributed by atoms with van der Waals surface area (Å²) in [4.78, 5) is 12.0. The number of anilines is 2. The summed E-state index contributed by atoms with van der Waals surface area (Å²) in [6.07, 6.45) is 2.07. The number of amides is 1. The van der Waals surface area contributed by atoms with E-state index < -0.39 is 5.60 Å². The van der Waals surface area contributed by atoms with Gasteiger partial charge in [0.15, 0.2) is 5.82 Å². The van der Waals surface area contributed by atoms with Crippen LogP contribution in [0.3, 0.4) is 0 Å². The van der Waals surface area contributed by atoms with Gasteiger partial charge in [-0.15, -0.1) is 0 Å². The maximum Gasteiger partial charge on any atom is 0.257 e. The van der Waals surface area contributed by atoms with Crippen LogP contribution in [-0.4, -0.2) is 28.4 Å². The number of aromatic nitrogens is 2. The molecule has 0 aromatic carbocycles. The fraction of sp³-hybridized carbons (Fsp3) is 0.600. The molecule has 90 valence electrons. The topological polar surface area (TPSA) is 82.2 Å². The normalized spacial score (nSPS) is 14.5. The van der Waals surface area contributed by atoms with Gasteiger partial charge < -0.3 is 15.8 Å². The molecule has 0 fully saturated rings. The predicted molar refractivity (Wildman–Crippen MR) is 62.0 cm³/mol. The molecule has 0 radical (unpaired) electrons. The van der Waals surface area contributed by atoms with Crippen LogP contribution in [-0.2, 0) is 16.6 Å². The van der Waals surface area contributed by atoms with E-state index in [0.29, 0.717) is 17.9 Å². The zero-order valence-electron chi connectivity index (χ0n) is 10.1. The fourth-order valence-corrected chi connectivity index (χ4v) is 1.24. The number of nitrogens with two attached hydrogens (primary N) is 1. The van der Waals surface area contributed by atoms with Crippen molar-refractivity contribution in [2.24, 2.45) is 7.05 Å². The molecule has 0 spiro atoms. The predicted octanol–water partition coefficient (Wildman–Crippen LogP) is 0.756. The summed E-state index contributed by atoms with van der Waals surface area (Å²) in [7, 11) is 3.22. The third kappa shape index (κ3) is 2.16. The minimum atomic E-state index is -0.850. The molecule has 3 N–H and O–H groups in total. The first-order chi connectivity index (χ1) is 7.44. The number of hydrogen-bond acceptors (Lipinski definition) is 4. The summed E-state index contributed by atoms with van der Waals surface area (Å²) >= 11 is 0. The summed E-state index contributed by atoms with van der Waals surface area (Å²) in [5.41, 5.74) is 5.26. The van der Waals surface area contributed by atoms with Gasteiger partial charge in [-0.1, -0.05) is 6.92 Å². The van der Waals surface area contributed by atoms with Crippen LogP contribution in [0.1, 0.15) is 20.3 Å². The lowest BCUT2D eigenvalue weighted by Crippen LogP contribution is -2.41. The molecule has 0 saturated heterocycles. The van der Waals surface area contributed by atoms with Crippen LogP contribution in [0.4, 0.5) is 11.5 Å². The molecule has 1 heterocycles. The number of hydrogen-bond donors (Lipinski definition) is 2. The molecule has 16 heavy (non-hydrogen) atoms. The van der Waals surface area contributed by atoms with Crippen molar-refractivity contribution in [3.05, 3.63) is 6.20 Å². The Morgan fingerprint density at radius 3 is 2.75 bits per heavy atom. The number of aryl methyl sites for hydroxylation is 1. The minimum absolute atomic E-state index is 0.229. The highest BCUT2D eigenvalue weighted by atomic mass is 16.5. The maximum atomic E-state index is 12.0. The first-order valence-electron chi connectivity index (χ1n) is 5.08. The molecule has 6 heteroatoms. The minimum Gasteiger partial charge on any atom is -0.394 e. The Morgan fingerprint density at radius 2 is 2.38 bits per heavy atom. The number of methoxy groups -OCH3 is 1. The first-order valence-corrected chi connectivity index (χ1v) is 5.08. The van der Waals surface area contributed by atoms with Crippen LogP contribution in [0.15, 0.2) is 6.20 Å². The third-order valence-electron chi connectivity index (χ3n) is 2.80. The maximum absolute atomic E-state index is 12.0. The average molecular weight is 226 g/mol. The van der Waals surface area contributed by atoms with Crippen molar-refractivity contribution in [2.75, 3.05) is 18.2 Å². The molecule has 1 aromatic heterocycles. The highest BCUT2D eigenvalue weighted by Crippen LogP contribution is 2.20. The molecule has 1 unspecified atom stereocenters. The Morgan fingerprint density at radius 1 is 1.75 bits per heavy atom. The third-order valence-corrected chi connectivity index (χ3v) is 2.80. The Hall–Kier alpha value is -1.56. The number of ether oxygens (including phenoxy) is 1. The van der Waals surface area contributed by atoms with Gasteiger partial charge in [0.05, 0.1) is 11.9 Å². The quantitative estimate of drug-likeness (QED) is 0.794. The number of carbonyl (C=O) groups is 1. The van der Waals surface area contributed by atoms with E-state index in [2.05, 4.69) is 10.4 Å². The Labute approximate surface area is 94.8 Å². The first kappa shape index (κ1) is 12.5. The molecule has 1 atom stereocenters. The molecule has 1 rings (SSSR count). The van der Waals surface area contributed by atoms with Crippen LogP contribution in [0.25, 0.3) is 0 Å². The van der Waals surface area contributed by atoms with Crippen molar-refractivity contribution in [1.29, 1.82) is 0 Å². The second kappa shape index (κ2) is 4.52. The molecule has 6 nitrogen and oxygen atoms in total. The largest absolute Gasteiger partial charge is 0.394 e. The van der Waals surface area contributed by atoms with Gasteiger partial charge in [-0.05, 0) is 13.3 Å². The summed E-state index contributed by atoms with van der Waals surface area (Å²) in [5, 5.41) is 6.65. The van der Waals surface area contributed by atoms with Crippen molar-refractivity contribution in [3.8, 4) is 0 Å². The van der Waals surface area contributed by atoms with E-state index in [1.807, 2.05) is 6.92 Å². The molecule has 0 bridgehead atoms. The van der Waals surface area contributed by atoms with Crippen molar-refractivity contribution in [2.45, 2.75) is 25.9 Å².